The molecule has 1 saturated heterocycles. The monoisotopic (exact) mass is 443 g/mol. The van der Waals surface area contributed by atoms with E-state index in [2.05, 4.69) is 22.3 Å². The van der Waals surface area contributed by atoms with E-state index in [1.165, 1.54) is 0 Å². The standard InChI is InChI=1S/C11H18N2O3.C9H13F2N3O/c1-2-5-13-6-3-4-11(8-13)7-9(10(14)15)12-16-11;1-8(10,11)4-6(13)7(15)14-9(5-12)2-3-9/h2-8H2,1H3,(H,14,15);6H,2-4,13H2,1H3,(H,14,15)/t;6-/m.0/s1. The summed E-state index contributed by atoms with van der Waals surface area (Å²) in [6.07, 6.45) is 3.94. The molecular formula is C20H31F2N5O4. The number of hydrogen-bond acceptors (Lipinski definition) is 7. The Labute approximate surface area is 180 Å². The minimum atomic E-state index is -2.97. The van der Waals surface area contributed by atoms with Gasteiger partial charge in [-0.3, -0.25) is 9.69 Å². The maximum atomic E-state index is 12.5. The lowest BCUT2D eigenvalue weighted by Gasteiger charge is -2.37. The molecule has 11 heteroatoms. The minimum absolute atomic E-state index is 0.165. The number of hydrogen-bond donors (Lipinski definition) is 3. The second-order valence-electron chi connectivity index (χ2n) is 8.74. The number of carbonyl (C=O) groups is 2. The number of carbonyl (C=O) groups excluding carboxylic acids is 1. The first-order valence-corrected chi connectivity index (χ1v) is 10.5. The summed E-state index contributed by atoms with van der Waals surface area (Å²) in [6, 6.07) is 0.658. The molecule has 4 N–H and O–H groups in total. The molecule has 0 aromatic heterocycles. The molecule has 2 heterocycles. The SMILES string of the molecule is CC(F)(F)C[C@H](N)C(=O)NC1(C#N)CC1.CCCN1CCCC2(CC(C(=O)O)=NO2)C1. The molecule has 0 bridgehead atoms. The Morgan fingerprint density at radius 2 is 2.13 bits per heavy atom. The highest BCUT2D eigenvalue weighted by molar-refractivity contribution is 6.36. The second-order valence-corrected chi connectivity index (χ2v) is 8.74. The average Bonchev–Trinajstić information content (AvgIpc) is 3.33. The Hall–Kier alpha value is -2.32. The summed E-state index contributed by atoms with van der Waals surface area (Å²) in [7, 11) is 0. The van der Waals surface area contributed by atoms with E-state index in [4.69, 9.17) is 20.9 Å². The molecule has 2 fully saturated rings. The number of oxime groups is 1. The van der Waals surface area contributed by atoms with Crippen LogP contribution in [0.2, 0.25) is 0 Å². The number of carboxylic acids is 1. The van der Waals surface area contributed by atoms with E-state index in [-0.39, 0.29) is 11.3 Å². The van der Waals surface area contributed by atoms with Crippen LogP contribution in [-0.4, -0.2) is 70.3 Å². The molecule has 9 nitrogen and oxygen atoms in total. The van der Waals surface area contributed by atoms with Gasteiger partial charge in [0.05, 0.1) is 12.1 Å². The zero-order valence-electron chi connectivity index (χ0n) is 18.0. The number of nitriles is 1. The molecule has 2 atom stereocenters. The van der Waals surface area contributed by atoms with Crippen LogP contribution in [0.1, 0.15) is 58.8 Å². The number of halogens is 2. The second kappa shape index (κ2) is 9.87. The molecule has 0 aromatic carbocycles. The summed E-state index contributed by atoms with van der Waals surface area (Å²) in [6.45, 7) is 5.79. The van der Waals surface area contributed by atoms with Gasteiger partial charge in [-0.05, 0) is 52.1 Å². The molecule has 1 spiro atoms. The van der Waals surface area contributed by atoms with Gasteiger partial charge >= 0.3 is 5.97 Å². The van der Waals surface area contributed by atoms with Gasteiger partial charge in [0.15, 0.2) is 11.3 Å². The largest absolute Gasteiger partial charge is 0.477 e. The summed E-state index contributed by atoms with van der Waals surface area (Å²) >= 11 is 0. The van der Waals surface area contributed by atoms with E-state index in [0.717, 1.165) is 38.9 Å². The summed E-state index contributed by atoms with van der Waals surface area (Å²) in [5.74, 6) is -4.61. The maximum absolute atomic E-state index is 12.5. The molecule has 1 aliphatic carbocycles. The van der Waals surface area contributed by atoms with E-state index in [1.54, 1.807) is 0 Å². The Morgan fingerprint density at radius 3 is 2.61 bits per heavy atom. The summed E-state index contributed by atoms with van der Waals surface area (Å²) in [5.41, 5.74) is 4.25. The molecule has 174 valence electrons. The van der Waals surface area contributed by atoms with Crippen LogP contribution in [0.4, 0.5) is 8.78 Å². The maximum Gasteiger partial charge on any atom is 0.353 e. The van der Waals surface area contributed by atoms with Crippen molar-refractivity contribution in [2.75, 3.05) is 19.6 Å². The molecule has 0 aromatic rings. The Balaban J connectivity index is 0.000000221. The smallest absolute Gasteiger partial charge is 0.353 e. The summed E-state index contributed by atoms with van der Waals surface area (Å²) in [5, 5.41) is 23.6. The predicted octanol–water partition coefficient (Wildman–Crippen LogP) is 1.62. The fraction of sp³-hybridized carbons (Fsp3) is 0.800. The number of likely N-dealkylation sites (tertiary alicyclic amines) is 1. The fourth-order valence-electron chi connectivity index (χ4n) is 3.75. The number of carboxylic acid groups (broad SMARTS) is 1. The third-order valence-corrected chi connectivity index (χ3v) is 5.49. The summed E-state index contributed by atoms with van der Waals surface area (Å²) in [4.78, 5) is 29.9. The Kier molecular flexibility index (Phi) is 7.94. The number of nitrogens with one attached hydrogen (secondary N) is 1. The van der Waals surface area contributed by atoms with Crippen LogP contribution in [0, 0.1) is 11.3 Å². The van der Waals surface area contributed by atoms with Crippen molar-refractivity contribution >= 4 is 17.6 Å². The van der Waals surface area contributed by atoms with Crippen LogP contribution in [0.25, 0.3) is 0 Å². The number of aliphatic carboxylic acids is 1. The Bertz CT molecular complexity index is 743. The first kappa shape index (κ1) is 24.9. The van der Waals surface area contributed by atoms with Gasteiger partial charge in [-0.2, -0.15) is 5.26 Å². The molecule has 0 radical (unpaired) electrons. The molecule has 31 heavy (non-hydrogen) atoms. The normalized spacial score (nSPS) is 25.4. The topological polar surface area (TPSA) is 141 Å². The molecular weight excluding hydrogens is 412 g/mol. The van der Waals surface area contributed by atoms with Gasteiger partial charge in [-0.1, -0.05) is 12.1 Å². The average molecular weight is 443 g/mol. The molecule has 1 amide bonds. The van der Waals surface area contributed by atoms with Crippen molar-refractivity contribution in [3.05, 3.63) is 0 Å². The lowest BCUT2D eigenvalue weighted by atomic mass is 9.88. The zero-order valence-corrected chi connectivity index (χ0v) is 18.0. The van der Waals surface area contributed by atoms with Crippen molar-refractivity contribution in [1.82, 2.24) is 10.2 Å². The van der Waals surface area contributed by atoms with Crippen LogP contribution >= 0.6 is 0 Å². The number of piperidine rings is 1. The van der Waals surface area contributed by atoms with Gasteiger partial charge in [0.2, 0.25) is 11.8 Å². The fourth-order valence-corrected chi connectivity index (χ4v) is 3.75. The molecule has 2 aliphatic heterocycles. The lowest BCUT2D eigenvalue weighted by Crippen LogP contribution is -2.48. The lowest BCUT2D eigenvalue weighted by molar-refractivity contribution is -0.129. The van der Waals surface area contributed by atoms with Gasteiger partial charge in [-0.15, -0.1) is 0 Å². The van der Waals surface area contributed by atoms with Crippen molar-refractivity contribution in [2.24, 2.45) is 10.9 Å². The van der Waals surface area contributed by atoms with Gasteiger partial charge in [-0.25, -0.2) is 13.6 Å². The van der Waals surface area contributed by atoms with E-state index < -0.39 is 35.8 Å². The third kappa shape index (κ3) is 7.40. The van der Waals surface area contributed by atoms with E-state index in [0.29, 0.717) is 26.2 Å². The van der Waals surface area contributed by atoms with Crippen molar-refractivity contribution in [1.29, 1.82) is 5.26 Å². The quantitative estimate of drug-likeness (QED) is 0.543. The van der Waals surface area contributed by atoms with Crippen LogP contribution in [0.5, 0.6) is 0 Å². The number of nitrogens with zero attached hydrogens (tertiary/aromatic N) is 3. The number of nitrogens with two attached hydrogens (primary N) is 1. The van der Waals surface area contributed by atoms with Crippen LogP contribution in [-0.2, 0) is 14.4 Å². The van der Waals surface area contributed by atoms with Crippen molar-refractivity contribution in [2.45, 2.75) is 81.9 Å². The predicted molar refractivity (Wildman–Crippen MR) is 108 cm³/mol. The molecule has 1 saturated carbocycles. The number of rotatable bonds is 7. The molecule has 3 rings (SSSR count). The van der Waals surface area contributed by atoms with E-state index in [1.807, 2.05) is 6.07 Å². The zero-order chi connectivity index (χ0) is 23.3. The van der Waals surface area contributed by atoms with Gasteiger partial charge in [0, 0.05) is 19.4 Å². The van der Waals surface area contributed by atoms with E-state index >= 15 is 0 Å². The minimum Gasteiger partial charge on any atom is -0.477 e. The number of alkyl halides is 2. The van der Waals surface area contributed by atoms with Gasteiger partial charge in [0.25, 0.3) is 0 Å². The summed E-state index contributed by atoms with van der Waals surface area (Å²) < 4.78 is 25.1. The van der Waals surface area contributed by atoms with Gasteiger partial charge in [0.1, 0.15) is 5.54 Å². The Morgan fingerprint density at radius 1 is 1.45 bits per heavy atom. The van der Waals surface area contributed by atoms with Gasteiger partial charge < -0.3 is 21.0 Å². The molecule has 1 unspecified atom stereocenters. The van der Waals surface area contributed by atoms with Crippen LogP contribution in [0.15, 0.2) is 5.16 Å². The van der Waals surface area contributed by atoms with E-state index in [9.17, 15) is 18.4 Å². The van der Waals surface area contributed by atoms with Crippen molar-refractivity contribution in [3.63, 3.8) is 0 Å². The van der Waals surface area contributed by atoms with Crippen LogP contribution < -0.4 is 11.1 Å². The highest BCUT2D eigenvalue weighted by Crippen LogP contribution is 2.35. The highest BCUT2D eigenvalue weighted by atomic mass is 19.3. The third-order valence-electron chi connectivity index (χ3n) is 5.49. The highest BCUT2D eigenvalue weighted by Gasteiger charge is 2.46. The van der Waals surface area contributed by atoms with Crippen molar-refractivity contribution in [3.8, 4) is 6.07 Å². The molecule has 3 aliphatic rings. The first-order chi connectivity index (χ1) is 14.4. The van der Waals surface area contributed by atoms with Crippen LogP contribution in [0.3, 0.4) is 0 Å². The number of amides is 1. The first-order valence-electron chi connectivity index (χ1n) is 10.5. The van der Waals surface area contributed by atoms with Crippen molar-refractivity contribution < 1.29 is 28.3 Å².